The smallest absolute Gasteiger partial charge is 0.262 e. The molecule has 0 spiro atoms. The van der Waals surface area contributed by atoms with Crippen molar-refractivity contribution in [3.05, 3.63) is 52.4 Å². The van der Waals surface area contributed by atoms with Crippen LogP contribution in [0, 0.1) is 0 Å². The first kappa shape index (κ1) is 13.3. The monoisotopic (exact) mass is 300 g/mol. The van der Waals surface area contributed by atoms with Gasteiger partial charge in [0, 0.05) is 36.6 Å². The Morgan fingerprint density at radius 2 is 2.19 bits per heavy atom. The third-order valence-electron chi connectivity index (χ3n) is 3.03. The number of carbonyl (C=O) groups is 1. The van der Waals surface area contributed by atoms with Crippen molar-refractivity contribution < 1.29 is 4.79 Å². The van der Waals surface area contributed by atoms with Crippen LogP contribution in [-0.2, 0) is 7.05 Å². The van der Waals surface area contributed by atoms with E-state index in [9.17, 15) is 9.59 Å². The van der Waals surface area contributed by atoms with Crippen molar-refractivity contribution in [2.45, 2.75) is 0 Å². The molecule has 3 aromatic rings. The van der Waals surface area contributed by atoms with Gasteiger partial charge in [-0.25, -0.2) is 0 Å². The van der Waals surface area contributed by atoms with Crippen molar-refractivity contribution >= 4 is 39.0 Å². The Labute approximate surface area is 124 Å². The number of nitrogens with zero attached hydrogens (tertiary/aromatic N) is 2. The van der Waals surface area contributed by atoms with Crippen molar-refractivity contribution in [3.63, 3.8) is 0 Å². The summed E-state index contributed by atoms with van der Waals surface area (Å²) in [5, 5.41) is 3.43. The van der Waals surface area contributed by atoms with Crippen LogP contribution in [0.4, 0.5) is 11.5 Å². The number of aryl methyl sites for hydroxylation is 1. The molecule has 3 rings (SSSR count). The number of nitrogen functional groups attached to an aromatic ring is 1. The summed E-state index contributed by atoms with van der Waals surface area (Å²) < 4.78 is 6.76. The molecule has 0 aliphatic carbocycles. The number of aromatic nitrogens is 2. The van der Waals surface area contributed by atoms with Crippen molar-refractivity contribution in [3.8, 4) is 0 Å². The zero-order valence-electron chi connectivity index (χ0n) is 11.2. The van der Waals surface area contributed by atoms with Crippen LogP contribution >= 0.6 is 11.5 Å². The quantitative estimate of drug-likeness (QED) is 0.706. The van der Waals surface area contributed by atoms with Gasteiger partial charge in [0.15, 0.2) is 11.2 Å². The highest BCUT2D eigenvalue weighted by Crippen LogP contribution is 2.28. The van der Waals surface area contributed by atoms with Gasteiger partial charge in [0.1, 0.15) is 5.56 Å². The molecule has 1 aromatic carbocycles. The number of anilines is 2. The molecule has 2 aromatic heterocycles. The van der Waals surface area contributed by atoms with Crippen LogP contribution in [0.15, 0.2) is 41.5 Å². The largest absolute Gasteiger partial charge is 0.399 e. The number of pyridine rings is 1. The molecule has 21 heavy (non-hydrogen) atoms. The molecule has 2 heterocycles. The topological polar surface area (TPSA) is 90.0 Å². The Kier molecular flexibility index (Phi) is 3.19. The van der Waals surface area contributed by atoms with Gasteiger partial charge in [-0.05, 0) is 29.7 Å². The lowest BCUT2D eigenvalue weighted by Crippen LogP contribution is -2.22. The molecule has 0 aliphatic heterocycles. The Balaban J connectivity index is 1.98. The molecule has 0 fully saturated rings. The fourth-order valence-corrected chi connectivity index (χ4v) is 2.69. The Bertz CT molecular complexity index is 897. The van der Waals surface area contributed by atoms with Crippen LogP contribution in [0.3, 0.4) is 0 Å². The Hall–Kier alpha value is -2.67. The van der Waals surface area contributed by atoms with E-state index in [-0.39, 0.29) is 11.0 Å². The van der Waals surface area contributed by atoms with Crippen molar-refractivity contribution in [2.24, 2.45) is 7.05 Å². The van der Waals surface area contributed by atoms with Gasteiger partial charge in [-0.1, -0.05) is 0 Å². The van der Waals surface area contributed by atoms with E-state index in [0.717, 1.165) is 10.1 Å². The predicted octanol–water partition coefficient (Wildman–Crippen LogP) is 1.83. The number of carbonyl (C=O) groups excluding carboxylic acids is 1. The summed E-state index contributed by atoms with van der Waals surface area (Å²) in [5.74, 6) is -0.0657. The van der Waals surface area contributed by atoms with E-state index >= 15 is 0 Å². The first-order chi connectivity index (χ1) is 10.0. The summed E-state index contributed by atoms with van der Waals surface area (Å²) in [4.78, 5) is 24.0. The number of nitrogens with two attached hydrogens (primary N) is 1. The number of amides is 1. The standard InChI is InChI=1S/C14H12N4O2S/c1-18-5-4-11(19)10(7-18)14(20)16-13-9-6-8(15)2-3-12(9)21-17-13/h2-7H,15H2,1H3,(H,16,17,20). The highest BCUT2D eigenvalue weighted by Gasteiger charge is 2.14. The maximum Gasteiger partial charge on any atom is 0.262 e. The van der Waals surface area contributed by atoms with E-state index < -0.39 is 5.91 Å². The number of nitrogens with one attached hydrogen (secondary N) is 1. The zero-order valence-corrected chi connectivity index (χ0v) is 12.0. The van der Waals surface area contributed by atoms with E-state index in [1.807, 2.05) is 6.07 Å². The first-order valence-corrected chi connectivity index (χ1v) is 6.94. The SMILES string of the molecule is Cn1ccc(=O)c(C(=O)Nc2nsc3ccc(N)cc23)c1. The molecule has 0 unspecified atom stereocenters. The Morgan fingerprint density at radius 3 is 3.00 bits per heavy atom. The molecule has 7 heteroatoms. The molecular formula is C14H12N4O2S. The zero-order chi connectivity index (χ0) is 15.0. The van der Waals surface area contributed by atoms with Gasteiger partial charge in [0.25, 0.3) is 5.91 Å². The van der Waals surface area contributed by atoms with Crippen molar-refractivity contribution in [1.82, 2.24) is 8.94 Å². The fourth-order valence-electron chi connectivity index (χ4n) is 1.98. The van der Waals surface area contributed by atoms with E-state index in [1.165, 1.54) is 23.8 Å². The molecule has 0 aliphatic rings. The summed E-state index contributed by atoms with van der Waals surface area (Å²) in [7, 11) is 1.75. The molecular weight excluding hydrogens is 288 g/mol. The number of rotatable bonds is 2. The second-order valence-electron chi connectivity index (χ2n) is 4.63. The van der Waals surface area contributed by atoms with Gasteiger partial charge in [-0.15, -0.1) is 0 Å². The highest BCUT2D eigenvalue weighted by atomic mass is 32.1. The molecule has 0 radical (unpaired) electrons. The van der Waals surface area contributed by atoms with Crippen LogP contribution in [0.2, 0.25) is 0 Å². The molecule has 0 atom stereocenters. The van der Waals surface area contributed by atoms with Gasteiger partial charge >= 0.3 is 0 Å². The predicted molar refractivity (Wildman–Crippen MR) is 83.7 cm³/mol. The number of hydrogen-bond donors (Lipinski definition) is 2. The van der Waals surface area contributed by atoms with Crippen LogP contribution < -0.4 is 16.5 Å². The third-order valence-corrected chi connectivity index (χ3v) is 3.86. The summed E-state index contributed by atoms with van der Waals surface area (Å²) in [5.41, 5.74) is 6.09. The van der Waals surface area contributed by atoms with Gasteiger partial charge in [-0.3, -0.25) is 9.59 Å². The van der Waals surface area contributed by atoms with Gasteiger partial charge in [0.05, 0.1) is 4.70 Å². The van der Waals surface area contributed by atoms with E-state index in [0.29, 0.717) is 11.5 Å². The van der Waals surface area contributed by atoms with Crippen LogP contribution in [0.1, 0.15) is 10.4 Å². The lowest BCUT2D eigenvalue weighted by molar-refractivity contribution is 0.102. The average molecular weight is 300 g/mol. The van der Waals surface area contributed by atoms with E-state index in [4.69, 9.17) is 5.73 Å². The van der Waals surface area contributed by atoms with E-state index in [1.54, 1.807) is 29.9 Å². The molecule has 0 bridgehead atoms. The lowest BCUT2D eigenvalue weighted by atomic mass is 10.2. The lowest BCUT2D eigenvalue weighted by Gasteiger charge is -2.04. The molecule has 6 nitrogen and oxygen atoms in total. The molecule has 106 valence electrons. The van der Waals surface area contributed by atoms with Gasteiger partial charge in [0.2, 0.25) is 0 Å². The second kappa shape index (κ2) is 5.02. The number of fused-ring (bicyclic) bond motifs is 1. The molecule has 0 saturated heterocycles. The normalized spacial score (nSPS) is 10.7. The minimum absolute atomic E-state index is 0.0741. The number of hydrogen-bond acceptors (Lipinski definition) is 5. The minimum atomic E-state index is -0.481. The van der Waals surface area contributed by atoms with Crippen molar-refractivity contribution in [2.75, 3.05) is 11.1 Å². The van der Waals surface area contributed by atoms with Gasteiger partial charge < -0.3 is 15.6 Å². The summed E-state index contributed by atoms with van der Waals surface area (Å²) >= 11 is 1.26. The Morgan fingerprint density at radius 1 is 1.38 bits per heavy atom. The minimum Gasteiger partial charge on any atom is -0.399 e. The first-order valence-electron chi connectivity index (χ1n) is 6.17. The third kappa shape index (κ3) is 2.50. The number of benzene rings is 1. The average Bonchev–Trinajstić information content (AvgIpc) is 2.84. The van der Waals surface area contributed by atoms with Crippen molar-refractivity contribution in [1.29, 1.82) is 0 Å². The summed E-state index contributed by atoms with van der Waals surface area (Å²) in [6, 6.07) is 6.72. The fraction of sp³-hybridized carbons (Fsp3) is 0.0714. The second-order valence-corrected chi connectivity index (χ2v) is 5.43. The maximum atomic E-state index is 12.2. The molecule has 3 N–H and O–H groups in total. The maximum absolute atomic E-state index is 12.2. The van der Waals surface area contributed by atoms with E-state index in [2.05, 4.69) is 9.69 Å². The van der Waals surface area contributed by atoms with Crippen LogP contribution in [-0.4, -0.2) is 14.8 Å². The highest BCUT2D eigenvalue weighted by molar-refractivity contribution is 7.13. The summed E-state index contributed by atoms with van der Waals surface area (Å²) in [6.07, 6.45) is 3.08. The molecule has 0 saturated carbocycles. The summed E-state index contributed by atoms with van der Waals surface area (Å²) in [6.45, 7) is 0. The van der Waals surface area contributed by atoms with Gasteiger partial charge in [-0.2, -0.15) is 4.37 Å². The van der Waals surface area contributed by atoms with Crippen LogP contribution in [0.5, 0.6) is 0 Å². The van der Waals surface area contributed by atoms with Crippen LogP contribution in [0.25, 0.3) is 10.1 Å². The molecule has 1 amide bonds.